The topological polar surface area (TPSA) is 81.8 Å². The summed E-state index contributed by atoms with van der Waals surface area (Å²) in [5, 5.41) is 9.74. The van der Waals surface area contributed by atoms with Gasteiger partial charge in [-0.05, 0) is 27.4 Å². The summed E-state index contributed by atoms with van der Waals surface area (Å²) in [6.07, 6.45) is 0.850. The average Bonchev–Trinajstić information content (AvgIpc) is 2.58. The van der Waals surface area contributed by atoms with Crippen molar-refractivity contribution in [2.75, 3.05) is 27.2 Å². The summed E-state index contributed by atoms with van der Waals surface area (Å²) >= 11 is 0. The van der Waals surface area contributed by atoms with Crippen LogP contribution < -0.4 is 11.3 Å². The molecule has 6 heteroatoms. The summed E-state index contributed by atoms with van der Waals surface area (Å²) in [7, 11) is 4.03. The molecule has 0 aliphatic carbocycles. The first-order valence-corrected chi connectivity index (χ1v) is 6.02. The van der Waals surface area contributed by atoms with Gasteiger partial charge in [0.2, 0.25) is 5.91 Å². The normalized spacial score (nSPS) is 27.4. The molecule has 1 heterocycles. The minimum atomic E-state index is -0.289. The monoisotopic (exact) mass is 244 g/mol. The van der Waals surface area contributed by atoms with E-state index in [-0.39, 0.29) is 18.1 Å². The zero-order valence-electron chi connectivity index (χ0n) is 10.9. The van der Waals surface area contributed by atoms with E-state index in [2.05, 4.69) is 15.2 Å². The van der Waals surface area contributed by atoms with E-state index in [0.717, 1.165) is 13.0 Å². The molecule has 100 valence electrons. The van der Waals surface area contributed by atoms with Gasteiger partial charge < -0.3 is 10.0 Å². The van der Waals surface area contributed by atoms with Gasteiger partial charge in [0, 0.05) is 31.6 Å². The van der Waals surface area contributed by atoms with Gasteiger partial charge in [-0.2, -0.15) is 0 Å². The number of hydrogen-bond donors (Lipinski definition) is 3. The van der Waals surface area contributed by atoms with Crippen molar-refractivity contribution in [2.24, 2.45) is 5.84 Å². The number of rotatable bonds is 5. The number of carbonyl (C=O) groups excluding carboxylic acids is 1. The third kappa shape index (κ3) is 4.23. The van der Waals surface area contributed by atoms with Crippen LogP contribution >= 0.6 is 0 Å². The summed E-state index contributed by atoms with van der Waals surface area (Å²) in [4.78, 5) is 15.6. The Balaban J connectivity index is 2.56. The lowest BCUT2D eigenvalue weighted by Gasteiger charge is -2.31. The van der Waals surface area contributed by atoms with E-state index in [9.17, 15) is 9.90 Å². The van der Waals surface area contributed by atoms with E-state index < -0.39 is 0 Å². The number of nitrogens with one attached hydrogen (secondary N) is 1. The Morgan fingerprint density at radius 2 is 2.29 bits per heavy atom. The van der Waals surface area contributed by atoms with Crippen molar-refractivity contribution in [3.8, 4) is 0 Å². The van der Waals surface area contributed by atoms with E-state index in [1.54, 1.807) is 0 Å². The van der Waals surface area contributed by atoms with Crippen LogP contribution in [0.3, 0.4) is 0 Å². The lowest BCUT2D eigenvalue weighted by Crippen LogP contribution is -2.45. The number of hydrazine groups is 1. The fourth-order valence-corrected chi connectivity index (χ4v) is 2.50. The van der Waals surface area contributed by atoms with Crippen LogP contribution in [0.15, 0.2) is 0 Å². The maximum absolute atomic E-state index is 11.3. The molecule has 6 nitrogen and oxygen atoms in total. The maximum atomic E-state index is 11.3. The van der Waals surface area contributed by atoms with Crippen molar-refractivity contribution in [2.45, 2.75) is 38.0 Å². The van der Waals surface area contributed by atoms with E-state index in [1.165, 1.54) is 0 Å². The zero-order valence-corrected chi connectivity index (χ0v) is 10.9. The highest BCUT2D eigenvalue weighted by atomic mass is 16.3. The van der Waals surface area contributed by atoms with E-state index in [4.69, 9.17) is 5.84 Å². The second-order valence-electron chi connectivity index (χ2n) is 5.12. The van der Waals surface area contributed by atoms with Crippen molar-refractivity contribution in [3.63, 3.8) is 0 Å². The fourth-order valence-electron chi connectivity index (χ4n) is 2.50. The molecule has 0 bridgehead atoms. The third-order valence-corrected chi connectivity index (χ3v) is 3.22. The van der Waals surface area contributed by atoms with Crippen molar-refractivity contribution in [1.82, 2.24) is 15.2 Å². The summed E-state index contributed by atoms with van der Waals surface area (Å²) in [5.74, 6) is 4.92. The van der Waals surface area contributed by atoms with Crippen molar-refractivity contribution >= 4 is 5.91 Å². The number of nitrogens with zero attached hydrogens (tertiary/aromatic N) is 2. The first-order chi connectivity index (χ1) is 7.93. The first-order valence-electron chi connectivity index (χ1n) is 6.02. The lowest BCUT2D eigenvalue weighted by molar-refractivity contribution is -0.122. The number of hydrogen-bond acceptors (Lipinski definition) is 5. The Bertz CT molecular complexity index is 260. The minimum absolute atomic E-state index is 0.0978. The molecule has 1 fully saturated rings. The molecule has 17 heavy (non-hydrogen) atoms. The highest BCUT2D eigenvalue weighted by Gasteiger charge is 2.34. The Morgan fingerprint density at radius 3 is 2.82 bits per heavy atom. The Hall–Kier alpha value is -0.690. The van der Waals surface area contributed by atoms with Gasteiger partial charge in [-0.3, -0.25) is 15.1 Å². The molecule has 0 spiro atoms. The fraction of sp³-hybridized carbons (Fsp3) is 0.909. The number of carbonyl (C=O) groups is 1. The van der Waals surface area contributed by atoms with Crippen molar-refractivity contribution in [3.05, 3.63) is 0 Å². The number of likely N-dealkylation sites (N-methyl/N-ethyl adjacent to an activating group) is 1. The molecule has 0 aromatic carbocycles. The van der Waals surface area contributed by atoms with Crippen molar-refractivity contribution < 1.29 is 9.90 Å². The largest absolute Gasteiger partial charge is 0.392 e. The summed E-state index contributed by atoms with van der Waals surface area (Å²) in [6, 6.07) is 0.404. The standard InChI is InChI=1S/C11H24N4O2/c1-8(4-11(17)13-12)15-7-10(16)5-9(15)6-14(2)3/h8-10,16H,4-7,12H2,1-3H3,(H,13,17). The Labute approximate surface area is 103 Å². The molecule has 4 N–H and O–H groups in total. The van der Waals surface area contributed by atoms with Crippen LogP contribution in [0.25, 0.3) is 0 Å². The molecular weight excluding hydrogens is 220 g/mol. The van der Waals surface area contributed by atoms with Crippen molar-refractivity contribution in [1.29, 1.82) is 0 Å². The molecule has 3 atom stereocenters. The van der Waals surface area contributed by atoms with E-state index in [1.807, 2.05) is 21.0 Å². The minimum Gasteiger partial charge on any atom is -0.392 e. The second-order valence-corrected chi connectivity index (χ2v) is 5.12. The van der Waals surface area contributed by atoms with Crippen LogP contribution in [0.5, 0.6) is 0 Å². The Kier molecular flexibility index (Phi) is 5.32. The van der Waals surface area contributed by atoms with Crippen LogP contribution in [0, 0.1) is 0 Å². The number of aliphatic hydroxyl groups is 1. The maximum Gasteiger partial charge on any atom is 0.235 e. The quantitative estimate of drug-likeness (QED) is 0.320. The van der Waals surface area contributed by atoms with Crippen LogP contribution in [0.4, 0.5) is 0 Å². The molecule has 1 rings (SSSR count). The number of likely N-dealkylation sites (tertiary alicyclic amines) is 1. The van der Waals surface area contributed by atoms with E-state index in [0.29, 0.717) is 19.0 Å². The van der Waals surface area contributed by atoms with Gasteiger partial charge in [-0.15, -0.1) is 0 Å². The predicted octanol–water partition coefficient (Wildman–Crippen LogP) is -1.25. The van der Waals surface area contributed by atoms with Crippen LogP contribution in [-0.2, 0) is 4.79 Å². The number of β-amino-alcohol motifs (C(OH)–C–C–N with tert-alkyl or cyclic N) is 1. The lowest BCUT2D eigenvalue weighted by atomic mass is 10.1. The summed E-state index contributed by atoms with van der Waals surface area (Å²) in [6.45, 7) is 3.53. The molecule has 1 amide bonds. The molecule has 0 aromatic heterocycles. The SMILES string of the molecule is CC(CC(=O)NN)N1CC(O)CC1CN(C)C. The van der Waals surface area contributed by atoms with Gasteiger partial charge >= 0.3 is 0 Å². The number of amides is 1. The van der Waals surface area contributed by atoms with Gasteiger partial charge in [0.1, 0.15) is 0 Å². The summed E-state index contributed by atoms with van der Waals surface area (Å²) in [5.41, 5.74) is 2.15. The van der Waals surface area contributed by atoms with Gasteiger partial charge in [-0.1, -0.05) is 0 Å². The third-order valence-electron chi connectivity index (χ3n) is 3.22. The van der Waals surface area contributed by atoms with Gasteiger partial charge in [0.15, 0.2) is 0 Å². The first kappa shape index (κ1) is 14.4. The van der Waals surface area contributed by atoms with Crippen LogP contribution in [-0.4, -0.2) is 66.2 Å². The Morgan fingerprint density at radius 1 is 1.65 bits per heavy atom. The predicted molar refractivity (Wildman–Crippen MR) is 66.1 cm³/mol. The molecule has 0 radical (unpaired) electrons. The summed E-state index contributed by atoms with van der Waals surface area (Å²) < 4.78 is 0. The van der Waals surface area contributed by atoms with Gasteiger partial charge in [-0.25, -0.2) is 5.84 Å². The van der Waals surface area contributed by atoms with E-state index >= 15 is 0 Å². The van der Waals surface area contributed by atoms with Crippen LogP contribution in [0.1, 0.15) is 19.8 Å². The molecule has 1 saturated heterocycles. The molecule has 1 aliphatic heterocycles. The molecule has 0 saturated carbocycles. The molecular formula is C11H24N4O2. The second kappa shape index (κ2) is 6.30. The van der Waals surface area contributed by atoms with Gasteiger partial charge in [0.05, 0.1) is 6.10 Å². The van der Waals surface area contributed by atoms with Gasteiger partial charge in [0.25, 0.3) is 0 Å². The highest BCUT2D eigenvalue weighted by Crippen LogP contribution is 2.22. The van der Waals surface area contributed by atoms with Crippen LogP contribution in [0.2, 0.25) is 0 Å². The smallest absolute Gasteiger partial charge is 0.235 e. The molecule has 0 aromatic rings. The molecule has 3 unspecified atom stereocenters. The molecule has 1 aliphatic rings. The number of nitrogens with two attached hydrogens (primary N) is 1. The highest BCUT2D eigenvalue weighted by molar-refractivity contribution is 5.75. The zero-order chi connectivity index (χ0) is 13.0. The average molecular weight is 244 g/mol. The number of aliphatic hydroxyl groups excluding tert-OH is 1.